The molecule has 14 nitrogen and oxygen atoms in total. The van der Waals surface area contributed by atoms with Crippen molar-refractivity contribution in [1.82, 2.24) is 0 Å². The third kappa shape index (κ3) is 4.33. The van der Waals surface area contributed by atoms with Crippen LogP contribution in [0.4, 0.5) is 4.79 Å². The molecule has 0 amide bonds. The van der Waals surface area contributed by atoms with E-state index in [0.717, 1.165) is 24.3 Å². The summed E-state index contributed by atoms with van der Waals surface area (Å²) < 4.78 is 20.3. The molecule has 1 aliphatic heterocycles. The van der Waals surface area contributed by atoms with Crippen molar-refractivity contribution in [2.75, 3.05) is 0 Å². The van der Waals surface area contributed by atoms with E-state index in [9.17, 15) is 45.3 Å². The first-order valence-corrected chi connectivity index (χ1v) is 9.79. The number of aromatic hydroxyl groups is 4. The number of aliphatic hydroxyl groups is 3. The van der Waals surface area contributed by atoms with Gasteiger partial charge in [-0.3, -0.25) is 9.53 Å². The van der Waals surface area contributed by atoms with Gasteiger partial charge in [0.05, 0.1) is 0 Å². The zero-order chi connectivity index (χ0) is 25.6. The van der Waals surface area contributed by atoms with E-state index in [1.807, 2.05) is 0 Å². The van der Waals surface area contributed by atoms with Gasteiger partial charge in [0.25, 0.3) is 0 Å². The number of benzene rings is 2. The Morgan fingerprint density at radius 2 is 1.54 bits per heavy atom. The van der Waals surface area contributed by atoms with Crippen molar-refractivity contribution in [3.63, 3.8) is 0 Å². The lowest BCUT2D eigenvalue weighted by Crippen LogP contribution is -2.60. The third-order valence-electron chi connectivity index (χ3n) is 5.16. The number of fused-ring (bicyclic) bond motifs is 1. The molecule has 2 heterocycles. The van der Waals surface area contributed by atoms with Crippen LogP contribution in [0.15, 0.2) is 39.5 Å². The number of hydrogen-bond acceptors (Lipinski definition) is 13. The monoisotopic (exact) mass is 494 g/mol. The summed E-state index contributed by atoms with van der Waals surface area (Å²) in [5.41, 5.74) is -1.37. The summed E-state index contributed by atoms with van der Waals surface area (Å²) >= 11 is 0. The van der Waals surface area contributed by atoms with E-state index < -0.39 is 76.6 Å². The van der Waals surface area contributed by atoms with Crippen LogP contribution in [0, 0.1) is 0 Å². The van der Waals surface area contributed by atoms with E-state index >= 15 is 0 Å². The second-order valence-corrected chi connectivity index (χ2v) is 7.47. The summed E-state index contributed by atoms with van der Waals surface area (Å²) in [6.45, 7) is 0. The van der Waals surface area contributed by atoms with Crippen molar-refractivity contribution in [2.45, 2.75) is 30.9 Å². The fraction of sp³-hybridized carbons (Fsp3) is 0.238. The molecule has 0 bridgehead atoms. The number of ether oxygens (including phenoxy) is 3. The van der Waals surface area contributed by atoms with Gasteiger partial charge in [-0.15, -0.1) is 0 Å². The molecule has 1 fully saturated rings. The summed E-state index contributed by atoms with van der Waals surface area (Å²) in [7, 11) is 0. The number of phenolic OH excluding ortho intramolecular Hbond substituents is 3. The highest BCUT2D eigenvalue weighted by atomic mass is 16.8. The molecule has 14 heteroatoms. The van der Waals surface area contributed by atoms with Crippen LogP contribution >= 0.6 is 0 Å². The second kappa shape index (κ2) is 8.84. The third-order valence-corrected chi connectivity index (χ3v) is 5.16. The molecule has 0 saturated carbocycles. The number of aliphatic hydroxyl groups excluding tert-OH is 3. The van der Waals surface area contributed by atoms with Crippen molar-refractivity contribution >= 4 is 17.1 Å². The normalized spacial score (nSPS) is 24.3. The summed E-state index contributed by atoms with van der Waals surface area (Å²) in [6, 6.07) is 5.29. The molecular weight excluding hydrogens is 476 g/mol. The Hall–Kier alpha value is -4.24. The Kier molecular flexibility index (Phi) is 6.04. The molecular formula is C21H18O14. The molecule has 0 aliphatic carbocycles. The maximum Gasteiger partial charge on any atom is 0.508 e. The largest absolute Gasteiger partial charge is 0.508 e. The van der Waals surface area contributed by atoms with Crippen molar-refractivity contribution in [3.8, 4) is 40.1 Å². The lowest BCUT2D eigenvalue weighted by Gasteiger charge is -2.38. The molecule has 186 valence electrons. The number of rotatable bonds is 4. The van der Waals surface area contributed by atoms with Gasteiger partial charge in [-0.25, -0.2) is 4.79 Å². The van der Waals surface area contributed by atoms with Gasteiger partial charge in [0, 0.05) is 17.7 Å². The molecule has 0 radical (unpaired) electrons. The first-order valence-electron chi connectivity index (χ1n) is 9.79. The highest BCUT2D eigenvalue weighted by Gasteiger charge is 2.47. The Bertz CT molecular complexity index is 1350. The number of hydrogen-bond donors (Lipinski definition) is 8. The van der Waals surface area contributed by atoms with Crippen molar-refractivity contribution < 1.29 is 64.3 Å². The van der Waals surface area contributed by atoms with Gasteiger partial charge in [-0.05, 0) is 18.2 Å². The van der Waals surface area contributed by atoms with Crippen LogP contribution < -0.4 is 10.2 Å². The second-order valence-electron chi connectivity index (χ2n) is 7.47. The first-order chi connectivity index (χ1) is 16.5. The lowest BCUT2D eigenvalue weighted by molar-refractivity contribution is -0.321. The van der Waals surface area contributed by atoms with E-state index in [4.69, 9.17) is 19.0 Å². The number of carboxylic acid groups (broad SMARTS) is 1. The van der Waals surface area contributed by atoms with Crippen LogP contribution in [0.25, 0.3) is 22.3 Å². The molecule has 0 spiro atoms. The van der Waals surface area contributed by atoms with Gasteiger partial charge in [-0.2, -0.15) is 0 Å². The fourth-order valence-electron chi connectivity index (χ4n) is 3.44. The number of carbonyl (C=O) groups is 1. The summed E-state index contributed by atoms with van der Waals surface area (Å²) in [5.74, 6) is -3.36. The van der Waals surface area contributed by atoms with Crippen molar-refractivity contribution in [2.24, 2.45) is 0 Å². The molecule has 8 N–H and O–H groups in total. The topological polar surface area (TPSA) is 237 Å². The van der Waals surface area contributed by atoms with Crippen LogP contribution in [0.2, 0.25) is 0 Å². The molecule has 1 aliphatic rings. The Balaban J connectivity index is 1.74. The maximum atomic E-state index is 12.7. The van der Waals surface area contributed by atoms with Crippen molar-refractivity contribution in [1.29, 1.82) is 0 Å². The van der Waals surface area contributed by atoms with Crippen molar-refractivity contribution in [3.05, 3.63) is 40.6 Å². The van der Waals surface area contributed by atoms with Crippen LogP contribution in [0.5, 0.6) is 28.7 Å². The molecule has 4 rings (SSSR count). The zero-order valence-electron chi connectivity index (χ0n) is 17.3. The van der Waals surface area contributed by atoms with E-state index in [-0.39, 0.29) is 16.9 Å². The maximum absolute atomic E-state index is 12.7. The standard InChI is InChI=1S/C21H18O14/c22-8-2-1-6(3-9(8)23)18-15(27)13(25)12-10(24)4-7(5-11(12)33-18)32-19-16(28)14(26)17(29)20(34-19)35-21(30)31/h1-5,14,16-17,19-20,22-24,26-29H,(H,30,31). The number of phenols is 3. The molecule has 1 aromatic heterocycles. The van der Waals surface area contributed by atoms with Gasteiger partial charge in [0.2, 0.25) is 23.8 Å². The average molecular weight is 494 g/mol. The predicted molar refractivity (Wildman–Crippen MR) is 111 cm³/mol. The SMILES string of the molecule is O=C(O)OC1OC(Oc2cc(O)c3c(=O)c(O)c(-c4ccc(O)c(O)c4)oc3c2)C(O)C(O)C1O. The van der Waals surface area contributed by atoms with Crippen LogP contribution in [0.1, 0.15) is 0 Å². The van der Waals surface area contributed by atoms with E-state index in [1.54, 1.807) is 0 Å². The molecule has 35 heavy (non-hydrogen) atoms. The predicted octanol–water partition coefficient (Wildman–Crippen LogP) is 0.121. The lowest BCUT2D eigenvalue weighted by atomic mass is 10.0. The van der Waals surface area contributed by atoms with Crippen LogP contribution in [-0.2, 0) is 9.47 Å². The molecule has 5 unspecified atom stereocenters. The van der Waals surface area contributed by atoms with Gasteiger partial charge < -0.3 is 54.7 Å². The minimum absolute atomic E-state index is 0.000538. The quantitative estimate of drug-likeness (QED) is 0.178. The molecule has 3 aromatic rings. The van der Waals surface area contributed by atoms with Crippen LogP contribution in [-0.4, -0.2) is 77.9 Å². The zero-order valence-corrected chi connectivity index (χ0v) is 17.3. The Labute approximate surface area is 193 Å². The van der Waals surface area contributed by atoms with Gasteiger partial charge in [0.15, 0.2) is 17.3 Å². The van der Waals surface area contributed by atoms with E-state index in [0.29, 0.717) is 0 Å². The molecule has 1 saturated heterocycles. The summed E-state index contributed by atoms with van der Waals surface area (Å²) in [6.07, 6.45) is -11.3. The highest BCUT2D eigenvalue weighted by molar-refractivity contribution is 5.88. The van der Waals surface area contributed by atoms with E-state index in [2.05, 4.69) is 4.74 Å². The van der Waals surface area contributed by atoms with Gasteiger partial charge >= 0.3 is 6.16 Å². The van der Waals surface area contributed by atoms with Crippen LogP contribution in [0.3, 0.4) is 0 Å². The Morgan fingerprint density at radius 1 is 0.857 bits per heavy atom. The average Bonchev–Trinajstić information content (AvgIpc) is 2.79. The summed E-state index contributed by atoms with van der Waals surface area (Å²) in [5, 5.41) is 78.1. The minimum Gasteiger partial charge on any atom is -0.507 e. The summed E-state index contributed by atoms with van der Waals surface area (Å²) in [4.78, 5) is 23.4. The minimum atomic E-state index is -1.93. The highest BCUT2D eigenvalue weighted by Crippen LogP contribution is 2.38. The van der Waals surface area contributed by atoms with Gasteiger partial charge in [0.1, 0.15) is 40.8 Å². The van der Waals surface area contributed by atoms with E-state index in [1.165, 1.54) is 6.07 Å². The smallest absolute Gasteiger partial charge is 0.507 e. The van der Waals surface area contributed by atoms with Gasteiger partial charge in [-0.1, -0.05) is 0 Å². The fourth-order valence-corrected chi connectivity index (χ4v) is 3.44. The Morgan fingerprint density at radius 3 is 2.20 bits per heavy atom. The molecule has 2 aromatic carbocycles. The first kappa shape index (κ1) is 23.9. The molecule has 5 atom stereocenters.